The van der Waals surface area contributed by atoms with E-state index in [1.807, 2.05) is 0 Å². The lowest BCUT2D eigenvalue weighted by Crippen LogP contribution is -2.19. The number of benzene rings is 1. The van der Waals surface area contributed by atoms with Crippen LogP contribution in [-0.4, -0.2) is 29.1 Å². The van der Waals surface area contributed by atoms with Gasteiger partial charge in [-0.15, -0.1) is 0 Å². The number of aliphatic hydroxyl groups is 2. The summed E-state index contributed by atoms with van der Waals surface area (Å²) in [7, 11) is 0. The van der Waals surface area contributed by atoms with E-state index in [2.05, 4.69) is 0 Å². The SMILES string of the molecule is O=C(c1ccc2c(c1)OCO2)C(O)O. The Morgan fingerprint density at radius 3 is 2.71 bits per heavy atom. The number of hydrogen-bond acceptors (Lipinski definition) is 5. The van der Waals surface area contributed by atoms with Crippen molar-refractivity contribution in [3.05, 3.63) is 23.8 Å². The normalized spacial score (nSPS) is 13.4. The molecule has 14 heavy (non-hydrogen) atoms. The molecule has 0 aromatic heterocycles. The van der Waals surface area contributed by atoms with Crippen LogP contribution in [0.2, 0.25) is 0 Å². The second-order valence-electron chi connectivity index (χ2n) is 2.81. The highest BCUT2D eigenvalue weighted by atomic mass is 16.7. The molecule has 5 nitrogen and oxygen atoms in total. The van der Waals surface area contributed by atoms with Crippen molar-refractivity contribution in [2.24, 2.45) is 0 Å². The highest BCUT2D eigenvalue weighted by Gasteiger charge is 2.19. The monoisotopic (exact) mass is 196 g/mol. The van der Waals surface area contributed by atoms with Gasteiger partial charge in [-0.05, 0) is 18.2 Å². The molecule has 0 aliphatic carbocycles. The largest absolute Gasteiger partial charge is 0.454 e. The average Bonchev–Trinajstić information content (AvgIpc) is 2.62. The average molecular weight is 196 g/mol. The number of rotatable bonds is 2. The Hall–Kier alpha value is -1.59. The first-order valence-electron chi connectivity index (χ1n) is 3.98. The maximum absolute atomic E-state index is 11.1. The Kier molecular flexibility index (Phi) is 2.11. The molecule has 2 rings (SSSR count). The molecule has 1 aliphatic heterocycles. The lowest BCUT2D eigenvalue weighted by molar-refractivity contribution is -0.0195. The van der Waals surface area contributed by atoms with Gasteiger partial charge in [0.25, 0.3) is 0 Å². The van der Waals surface area contributed by atoms with Crippen LogP contribution in [0.1, 0.15) is 10.4 Å². The smallest absolute Gasteiger partial charge is 0.231 e. The van der Waals surface area contributed by atoms with Crippen molar-refractivity contribution in [3.8, 4) is 11.5 Å². The highest BCUT2D eigenvalue weighted by Crippen LogP contribution is 2.32. The third kappa shape index (κ3) is 1.43. The molecule has 0 bridgehead atoms. The first-order chi connectivity index (χ1) is 6.68. The van der Waals surface area contributed by atoms with Crippen LogP contribution >= 0.6 is 0 Å². The molecule has 1 aromatic carbocycles. The number of aliphatic hydroxyl groups excluding tert-OH is 1. The molecule has 5 heteroatoms. The van der Waals surface area contributed by atoms with Gasteiger partial charge >= 0.3 is 0 Å². The molecule has 0 fully saturated rings. The van der Waals surface area contributed by atoms with E-state index < -0.39 is 12.1 Å². The van der Waals surface area contributed by atoms with Crippen molar-refractivity contribution in [3.63, 3.8) is 0 Å². The van der Waals surface area contributed by atoms with Crippen molar-refractivity contribution in [1.29, 1.82) is 0 Å². The van der Waals surface area contributed by atoms with Crippen molar-refractivity contribution >= 4 is 5.78 Å². The number of fused-ring (bicyclic) bond motifs is 1. The van der Waals surface area contributed by atoms with E-state index >= 15 is 0 Å². The molecule has 1 aliphatic rings. The van der Waals surface area contributed by atoms with Crippen molar-refractivity contribution in [2.75, 3.05) is 6.79 Å². The fourth-order valence-corrected chi connectivity index (χ4v) is 1.20. The molecular weight excluding hydrogens is 188 g/mol. The minimum Gasteiger partial charge on any atom is -0.454 e. The van der Waals surface area contributed by atoms with Crippen LogP contribution in [0.15, 0.2) is 18.2 Å². The first kappa shape index (κ1) is 8.98. The summed E-state index contributed by atoms with van der Waals surface area (Å²) in [5.74, 6) is 0.230. The Balaban J connectivity index is 2.33. The van der Waals surface area contributed by atoms with E-state index in [1.165, 1.54) is 12.1 Å². The lowest BCUT2D eigenvalue weighted by Gasteiger charge is -2.03. The summed E-state index contributed by atoms with van der Waals surface area (Å²) < 4.78 is 10.1. The zero-order valence-corrected chi connectivity index (χ0v) is 7.14. The molecule has 0 unspecified atom stereocenters. The summed E-state index contributed by atoms with van der Waals surface area (Å²) in [5.41, 5.74) is 0.184. The van der Waals surface area contributed by atoms with Crippen LogP contribution in [0.4, 0.5) is 0 Å². The first-order valence-corrected chi connectivity index (χ1v) is 3.98. The number of ketones is 1. The topological polar surface area (TPSA) is 76.0 Å². The molecule has 0 atom stereocenters. The summed E-state index contributed by atoms with van der Waals surface area (Å²) in [6.07, 6.45) is -1.99. The molecule has 0 spiro atoms. The van der Waals surface area contributed by atoms with Gasteiger partial charge in [-0.1, -0.05) is 0 Å². The number of carbonyl (C=O) groups is 1. The molecule has 0 amide bonds. The lowest BCUT2D eigenvalue weighted by atomic mass is 10.1. The maximum Gasteiger partial charge on any atom is 0.231 e. The molecule has 2 N–H and O–H groups in total. The number of hydrogen-bond donors (Lipinski definition) is 2. The quantitative estimate of drug-likeness (QED) is 0.510. The van der Waals surface area contributed by atoms with Crippen LogP contribution in [0.3, 0.4) is 0 Å². The molecule has 0 saturated carbocycles. The van der Waals surface area contributed by atoms with E-state index in [9.17, 15) is 4.79 Å². The Morgan fingerprint density at radius 1 is 1.29 bits per heavy atom. The molecular formula is C9H8O5. The second-order valence-corrected chi connectivity index (χ2v) is 2.81. The molecule has 1 heterocycles. The van der Waals surface area contributed by atoms with Gasteiger partial charge in [0.05, 0.1) is 0 Å². The highest BCUT2D eigenvalue weighted by molar-refractivity contribution is 5.98. The van der Waals surface area contributed by atoms with Gasteiger partial charge in [0, 0.05) is 5.56 Å². The molecule has 0 radical (unpaired) electrons. The summed E-state index contributed by atoms with van der Waals surface area (Å²) >= 11 is 0. The maximum atomic E-state index is 11.1. The van der Waals surface area contributed by atoms with E-state index in [4.69, 9.17) is 19.7 Å². The fourth-order valence-electron chi connectivity index (χ4n) is 1.20. The third-order valence-electron chi connectivity index (χ3n) is 1.89. The summed E-state index contributed by atoms with van der Waals surface area (Å²) in [4.78, 5) is 11.1. The summed E-state index contributed by atoms with van der Waals surface area (Å²) in [6, 6.07) is 4.43. The number of ether oxygens (including phenoxy) is 2. The minimum absolute atomic E-state index is 0.120. The van der Waals surface area contributed by atoms with Crippen molar-refractivity contribution in [2.45, 2.75) is 6.29 Å². The van der Waals surface area contributed by atoms with Crippen LogP contribution in [0.5, 0.6) is 11.5 Å². The van der Waals surface area contributed by atoms with Crippen LogP contribution in [-0.2, 0) is 0 Å². The Bertz CT molecular complexity index is 371. The minimum atomic E-state index is -1.99. The van der Waals surface area contributed by atoms with Gasteiger partial charge in [0.15, 0.2) is 11.5 Å². The van der Waals surface area contributed by atoms with Crippen LogP contribution < -0.4 is 9.47 Å². The van der Waals surface area contributed by atoms with E-state index in [0.717, 1.165) is 0 Å². The van der Waals surface area contributed by atoms with Crippen molar-refractivity contribution in [1.82, 2.24) is 0 Å². The standard InChI is InChI=1S/C9H8O5/c10-8(9(11)12)5-1-2-6-7(3-5)14-4-13-6/h1-3,9,11-12H,4H2. The number of Topliss-reactive ketones (excluding diaryl/α,β-unsaturated/α-hetero) is 1. The van der Waals surface area contributed by atoms with E-state index in [0.29, 0.717) is 11.5 Å². The molecule has 74 valence electrons. The van der Waals surface area contributed by atoms with Gasteiger partial charge in [-0.2, -0.15) is 0 Å². The predicted molar refractivity (Wildman–Crippen MR) is 45.1 cm³/mol. The van der Waals surface area contributed by atoms with Crippen LogP contribution in [0.25, 0.3) is 0 Å². The Labute approximate surface area is 79.5 Å². The Morgan fingerprint density at radius 2 is 2.00 bits per heavy atom. The van der Waals surface area contributed by atoms with Gasteiger partial charge in [-0.25, -0.2) is 0 Å². The van der Waals surface area contributed by atoms with Gasteiger partial charge in [-0.3, -0.25) is 4.79 Å². The van der Waals surface area contributed by atoms with Crippen molar-refractivity contribution < 1.29 is 24.5 Å². The van der Waals surface area contributed by atoms with Crippen LogP contribution in [0, 0.1) is 0 Å². The molecule has 1 aromatic rings. The predicted octanol–water partition coefficient (Wildman–Crippen LogP) is -0.0913. The van der Waals surface area contributed by atoms with E-state index in [-0.39, 0.29) is 12.4 Å². The van der Waals surface area contributed by atoms with E-state index in [1.54, 1.807) is 6.07 Å². The van der Waals surface area contributed by atoms with Gasteiger partial charge in [0.1, 0.15) is 0 Å². The zero-order chi connectivity index (χ0) is 10.1. The zero-order valence-electron chi connectivity index (χ0n) is 7.14. The van der Waals surface area contributed by atoms with Gasteiger partial charge < -0.3 is 19.7 Å². The summed E-state index contributed by atoms with van der Waals surface area (Å²) in [5, 5.41) is 17.3. The fraction of sp³-hybridized carbons (Fsp3) is 0.222. The third-order valence-corrected chi connectivity index (χ3v) is 1.89. The van der Waals surface area contributed by atoms with Gasteiger partial charge in [0.2, 0.25) is 18.9 Å². The second kappa shape index (κ2) is 3.28. The molecule has 0 saturated heterocycles. The number of carbonyl (C=O) groups excluding carboxylic acids is 1. The summed E-state index contributed by atoms with van der Waals surface area (Å²) in [6.45, 7) is 0.120.